The van der Waals surface area contributed by atoms with E-state index >= 15 is 0 Å². The van der Waals surface area contributed by atoms with Crippen LogP contribution in [0, 0.1) is 0 Å². The number of esters is 1. The molecule has 152 valence electrons. The predicted molar refractivity (Wildman–Crippen MR) is 114 cm³/mol. The van der Waals surface area contributed by atoms with Gasteiger partial charge in [0.15, 0.2) is 0 Å². The highest BCUT2D eigenvalue weighted by atomic mass is 32.2. The fraction of sp³-hybridized carbons (Fsp3) is 0.696. The standard InChI is InChI=1S/C23H36O3S/c1-2-3-4-5-6-7-8-9-13-16-20(24)17-21-22(23(25)26-21)27-18-19-14-11-10-12-15-19/h10-12,14-15,20-22,24H,2-9,13,16-18H2,1H3/t20-,21+,22-/m0/s1. The molecule has 0 aliphatic carbocycles. The van der Waals surface area contributed by atoms with Crippen molar-refractivity contribution in [2.24, 2.45) is 0 Å². The molecule has 0 aromatic heterocycles. The first kappa shape index (κ1) is 22.3. The van der Waals surface area contributed by atoms with Gasteiger partial charge in [-0.2, -0.15) is 0 Å². The van der Waals surface area contributed by atoms with Crippen molar-refractivity contribution in [1.82, 2.24) is 0 Å². The Labute approximate surface area is 169 Å². The van der Waals surface area contributed by atoms with Crippen molar-refractivity contribution in [2.45, 2.75) is 101 Å². The van der Waals surface area contributed by atoms with Crippen LogP contribution in [-0.2, 0) is 15.3 Å². The van der Waals surface area contributed by atoms with E-state index in [0.29, 0.717) is 6.42 Å². The zero-order valence-electron chi connectivity index (χ0n) is 16.8. The molecule has 27 heavy (non-hydrogen) atoms. The lowest BCUT2D eigenvalue weighted by Gasteiger charge is -2.35. The topological polar surface area (TPSA) is 46.5 Å². The second kappa shape index (κ2) is 13.2. The van der Waals surface area contributed by atoms with Crippen LogP contribution < -0.4 is 0 Å². The van der Waals surface area contributed by atoms with Gasteiger partial charge in [-0.15, -0.1) is 11.8 Å². The number of hydrogen-bond acceptors (Lipinski definition) is 4. The molecular weight excluding hydrogens is 356 g/mol. The van der Waals surface area contributed by atoms with Crippen LogP contribution in [-0.4, -0.2) is 28.5 Å². The zero-order valence-corrected chi connectivity index (χ0v) is 17.6. The lowest BCUT2D eigenvalue weighted by molar-refractivity contribution is -0.169. The third kappa shape index (κ3) is 8.69. The maximum absolute atomic E-state index is 11.7. The highest BCUT2D eigenvalue weighted by molar-refractivity contribution is 8.00. The van der Waals surface area contributed by atoms with Gasteiger partial charge in [0.2, 0.25) is 0 Å². The van der Waals surface area contributed by atoms with Crippen LogP contribution in [0.3, 0.4) is 0 Å². The molecule has 2 rings (SSSR count). The lowest BCUT2D eigenvalue weighted by atomic mass is 9.99. The summed E-state index contributed by atoms with van der Waals surface area (Å²) in [5.41, 5.74) is 1.22. The van der Waals surface area contributed by atoms with Crippen molar-refractivity contribution in [3.05, 3.63) is 35.9 Å². The summed E-state index contributed by atoms with van der Waals surface area (Å²) in [7, 11) is 0. The van der Waals surface area contributed by atoms with Gasteiger partial charge in [0.1, 0.15) is 11.4 Å². The Morgan fingerprint density at radius 1 is 1.00 bits per heavy atom. The molecule has 0 saturated carbocycles. The number of rotatable bonds is 15. The molecule has 4 heteroatoms. The van der Waals surface area contributed by atoms with Crippen molar-refractivity contribution in [3.63, 3.8) is 0 Å². The minimum Gasteiger partial charge on any atom is -0.460 e. The second-order valence-electron chi connectivity index (χ2n) is 7.70. The van der Waals surface area contributed by atoms with Crippen LogP contribution >= 0.6 is 11.8 Å². The average molecular weight is 393 g/mol. The van der Waals surface area contributed by atoms with E-state index in [4.69, 9.17) is 4.74 Å². The predicted octanol–water partition coefficient (Wildman–Crippen LogP) is 5.89. The fourth-order valence-electron chi connectivity index (χ4n) is 3.54. The normalized spacial score (nSPS) is 20.1. The molecule has 1 aliphatic rings. The monoisotopic (exact) mass is 392 g/mol. The molecule has 3 nitrogen and oxygen atoms in total. The summed E-state index contributed by atoms with van der Waals surface area (Å²) in [6.07, 6.45) is 12.5. The van der Waals surface area contributed by atoms with Crippen LogP contribution in [0.15, 0.2) is 30.3 Å². The van der Waals surface area contributed by atoms with Crippen LogP contribution in [0.2, 0.25) is 0 Å². The summed E-state index contributed by atoms with van der Waals surface area (Å²) in [6.45, 7) is 2.25. The third-order valence-electron chi connectivity index (χ3n) is 5.26. The van der Waals surface area contributed by atoms with E-state index in [9.17, 15) is 9.90 Å². The minimum absolute atomic E-state index is 0.122. The third-order valence-corrected chi connectivity index (χ3v) is 6.61. The maximum Gasteiger partial charge on any atom is 0.323 e. The molecule has 1 aromatic carbocycles. The first-order valence-electron chi connectivity index (χ1n) is 10.7. The number of hydrogen-bond donors (Lipinski definition) is 1. The number of thioether (sulfide) groups is 1. The quantitative estimate of drug-likeness (QED) is 0.299. The van der Waals surface area contributed by atoms with Gasteiger partial charge in [0.05, 0.1) is 6.10 Å². The number of aliphatic hydroxyl groups excluding tert-OH is 1. The number of cyclic esters (lactones) is 1. The van der Waals surface area contributed by atoms with Gasteiger partial charge >= 0.3 is 5.97 Å². The van der Waals surface area contributed by atoms with Gasteiger partial charge in [-0.1, -0.05) is 95.0 Å². The summed E-state index contributed by atoms with van der Waals surface area (Å²) >= 11 is 1.63. The number of carbonyl (C=O) groups excluding carboxylic acids is 1. The summed E-state index contributed by atoms with van der Waals surface area (Å²) in [4.78, 5) is 11.7. The smallest absolute Gasteiger partial charge is 0.323 e. The largest absolute Gasteiger partial charge is 0.460 e. The van der Waals surface area contributed by atoms with Crippen LogP contribution in [0.4, 0.5) is 0 Å². The fourth-order valence-corrected chi connectivity index (χ4v) is 4.68. The number of ether oxygens (including phenoxy) is 1. The molecule has 0 spiro atoms. The molecule has 0 amide bonds. The van der Waals surface area contributed by atoms with Gasteiger partial charge in [-0.25, -0.2) is 0 Å². The molecular formula is C23H36O3S. The number of carbonyl (C=O) groups is 1. The van der Waals surface area contributed by atoms with E-state index in [2.05, 4.69) is 19.1 Å². The van der Waals surface area contributed by atoms with Crippen molar-refractivity contribution in [2.75, 3.05) is 0 Å². The number of aliphatic hydroxyl groups is 1. The molecule has 0 unspecified atom stereocenters. The Bertz CT molecular complexity index is 520. The molecule has 1 N–H and O–H groups in total. The average Bonchev–Trinajstić information content (AvgIpc) is 2.67. The van der Waals surface area contributed by atoms with Crippen molar-refractivity contribution < 1.29 is 14.6 Å². The second-order valence-corrected chi connectivity index (χ2v) is 8.83. The number of benzene rings is 1. The highest BCUT2D eigenvalue weighted by Gasteiger charge is 2.43. The maximum atomic E-state index is 11.7. The molecule has 1 aliphatic heterocycles. The van der Waals surface area contributed by atoms with E-state index in [1.807, 2.05) is 18.2 Å². The van der Waals surface area contributed by atoms with E-state index in [0.717, 1.165) is 18.6 Å². The summed E-state index contributed by atoms with van der Waals surface area (Å²) in [5.74, 6) is 0.682. The Balaban J connectivity index is 1.52. The Hall–Kier alpha value is -1.00. The van der Waals surface area contributed by atoms with E-state index in [-0.39, 0.29) is 23.4 Å². The van der Waals surface area contributed by atoms with Crippen molar-refractivity contribution >= 4 is 17.7 Å². The molecule has 0 bridgehead atoms. The van der Waals surface area contributed by atoms with Crippen molar-refractivity contribution in [3.8, 4) is 0 Å². The van der Waals surface area contributed by atoms with Gasteiger partial charge in [-0.05, 0) is 12.0 Å². The van der Waals surface area contributed by atoms with E-state index in [1.54, 1.807) is 11.8 Å². The summed E-state index contributed by atoms with van der Waals surface area (Å²) in [5, 5.41) is 10.2. The molecule has 3 atom stereocenters. The molecule has 1 fully saturated rings. The Kier molecular flexibility index (Phi) is 10.9. The first-order valence-corrected chi connectivity index (χ1v) is 11.8. The number of unbranched alkanes of at least 4 members (excludes halogenated alkanes) is 8. The highest BCUT2D eigenvalue weighted by Crippen LogP contribution is 2.33. The van der Waals surface area contributed by atoms with Crippen LogP contribution in [0.25, 0.3) is 0 Å². The van der Waals surface area contributed by atoms with Crippen LogP contribution in [0.1, 0.15) is 83.1 Å². The van der Waals surface area contributed by atoms with Gasteiger partial charge < -0.3 is 9.84 Å². The SMILES string of the molecule is CCCCCCCCCCC[C@H](O)C[C@H]1OC(=O)[C@H]1SCc1ccccc1. The summed E-state index contributed by atoms with van der Waals surface area (Å²) in [6, 6.07) is 10.2. The molecule has 1 saturated heterocycles. The lowest BCUT2D eigenvalue weighted by Crippen LogP contribution is -2.49. The Morgan fingerprint density at radius 2 is 1.63 bits per heavy atom. The van der Waals surface area contributed by atoms with Gasteiger partial charge in [0, 0.05) is 12.2 Å². The zero-order chi connectivity index (χ0) is 19.3. The van der Waals surface area contributed by atoms with Gasteiger partial charge in [-0.3, -0.25) is 4.79 Å². The van der Waals surface area contributed by atoms with Crippen molar-refractivity contribution in [1.29, 1.82) is 0 Å². The minimum atomic E-state index is -0.354. The summed E-state index contributed by atoms with van der Waals surface area (Å²) < 4.78 is 5.28. The first-order chi connectivity index (χ1) is 13.2. The molecule has 0 radical (unpaired) electrons. The van der Waals surface area contributed by atoms with Gasteiger partial charge in [0.25, 0.3) is 0 Å². The van der Waals surface area contributed by atoms with E-state index in [1.165, 1.54) is 56.9 Å². The van der Waals surface area contributed by atoms with Crippen LogP contribution in [0.5, 0.6) is 0 Å². The Morgan fingerprint density at radius 3 is 2.26 bits per heavy atom. The van der Waals surface area contributed by atoms with E-state index < -0.39 is 0 Å². The molecule has 1 aromatic rings. The molecule has 1 heterocycles.